The van der Waals surface area contributed by atoms with Crippen molar-refractivity contribution in [1.82, 2.24) is 20.1 Å². The molecule has 3 rings (SSSR count). The highest BCUT2D eigenvalue weighted by atomic mass is 16.2. The van der Waals surface area contributed by atoms with Crippen molar-refractivity contribution in [1.29, 1.82) is 0 Å². The lowest BCUT2D eigenvalue weighted by Crippen LogP contribution is -2.42. The van der Waals surface area contributed by atoms with E-state index in [-0.39, 0.29) is 11.9 Å². The zero-order valence-corrected chi connectivity index (χ0v) is 12.3. The van der Waals surface area contributed by atoms with Gasteiger partial charge in [-0.3, -0.25) is 4.79 Å². The number of nitrogens with one attached hydrogen (secondary N) is 1. The molecule has 2 heterocycles. The number of carbonyl (C=O) groups is 1. The largest absolute Gasteiger partial charge is 0.303 e. The molecule has 0 spiro atoms. The monoisotopic (exact) mass is 285 g/mol. The molecule has 21 heavy (non-hydrogen) atoms. The fraction of sp³-hybridized carbons (Fsp3) is 0.400. The van der Waals surface area contributed by atoms with E-state index in [1.165, 1.54) is 6.33 Å². The van der Waals surface area contributed by atoms with Gasteiger partial charge in [-0.05, 0) is 25.5 Å². The Balaban J connectivity index is 1.99. The molecule has 0 radical (unpaired) electrons. The third-order valence-electron chi connectivity index (χ3n) is 3.81. The molecule has 1 aliphatic heterocycles. The smallest absolute Gasteiger partial charge is 0.244 e. The van der Waals surface area contributed by atoms with E-state index in [9.17, 15) is 4.79 Å². The van der Waals surface area contributed by atoms with Crippen LogP contribution in [0.2, 0.25) is 0 Å². The lowest BCUT2D eigenvalue weighted by atomic mass is 10.1. The number of aryl methyl sites for hydroxylation is 1. The number of nitrogens with zero attached hydrogens (tertiary/aromatic N) is 4. The molecule has 2 aromatic rings. The molecule has 1 unspecified atom stereocenters. The number of hydrogen-bond acceptors (Lipinski definition) is 4. The molecule has 6 heteroatoms. The van der Waals surface area contributed by atoms with Crippen molar-refractivity contribution in [3.05, 3.63) is 42.0 Å². The first-order chi connectivity index (χ1) is 10.2. The lowest BCUT2D eigenvalue weighted by Gasteiger charge is -2.24. The molecule has 1 aromatic carbocycles. The summed E-state index contributed by atoms with van der Waals surface area (Å²) in [6.07, 6.45) is 1.54. The molecule has 0 aliphatic carbocycles. The van der Waals surface area contributed by atoms with Crippen molar-refractivity contribution in [2.24, 2.45) is 0 Å². The van der Waals surface area contributed by atoms with Gasteiger partial charge in [-0.2, -0.15) is 5.10 Å². The lowest BCUT2D eigenvalue weighted by molar-refractivity contribution is -0.120. The molecule has 110 valence electrons. The average molecular weight is 285 g/mol. The molecule has 1 N–H and O–H groups in total. The fourth-order valence-corrected chi connectivity index (χ4v) is 2.61. The topological polar surface area (TPSA) is 63.1 Å². The van der Waals surface area contributed by atoms with E-state index in [0.717, 1.165) is 23.6 Å². The summed E-state index contributed by atoms with van der Waals surface area (Å²) in [6.45, 7) is 5.79. The van der Waals surface area contributed by atoms with Crippen LogP contribution < -0.4 is 10.2 Å². The van der Waals surface area contributed by atoms with Gasteiger partial charge in [0, 0.05) is 18.8 Å². The second kappa shape index (κ2) is 5.65. The number of aromatic nitrogens is 3. The first-order valence-corrected chi connectivity index (χ1v) is 7.20. The van der Waals surface area contributed by atoms with Gasteiger partial charge in [0.15, 0.2) is 0 Å². The Labute approximate surface area is 123 Å². The van der Waals surface area contributed by atoms with Crippen molar-refractivity contribution in [3.8, 4) is 0 Å². The van der Waals surface area contributed by atoms with Crippen molar-refractivity contribution in [2.45, 2.75) is 39.5 Å². The van der Waals surface area contributed by atoms with Gasteiger partial charge in [-0.25, -0.2) is 9.67 Å². The van der Waals surface area contributed by atoms with Gasteiger partial charge in [-0.1, -0.05) is 18.2 Å². The minimum atomic E-state index is -0.213. The van der Waals surface area contributed by atoms with Gasteiger partial charge in [0.1, 0.15) is 12.2 Å². The molecular weight excluding hydrogens is 266 g/mol. The van der Waals surface area contributed by atoms with E-state index in [1.807, 2.05) is 42.8 Å². The summed E-state index contributed by atoms with van der Waals surface area (Å²) in [7, 11) is 0. The van der Waals surface area contributed by atoms with E-state index in [1.54, 1.807) is 4.90 Å². The second-order valence-electron chi connectivity index (χ2n) is 5.15. The van der Waals surface area contributed by atoms with E-state index in [0.29, 0.717) is 13.1 Å². The zero-order valence-electron chi connectivity index (χ0n) is 12.3. The van der Waals surface area contributed by atoms with Crippen LogP contribution in [0.3, 0.4) is 0 Å². The van der Waals surface area contributed by atoms with E-state index >= 15 is 0 Å². The summed E-state index contributed by atoms with van der Waals surface area (Å²) in [6, 6.07) is 7.77. The normalized spacial score (nSPS) is 18.5. The third kappa shape index (κ3) is 2.54. The van der Waals surface area contributed by atoms with Crippen molar-refractivity contribution in [2.75, 3.05) is 4.90 Å². The number of anilines is 1. The molecule has 0 bridgehead atoms. The molecule has 1 amide bonds. The minimum absolute atomic E-state index is 0.0607. The minimum Gasteiger partial charge on any atom is -0.303 e. The predicted octanol–water partition coefficient (Wildman–Crippen LogP) is 1.32. The molecule has 0 saturated heterocycles. The Morgan fingerprint density at radius 2 is 2.19 bits per heavy atom. The Kier molecular flexibility index (Phi) is 3.70. The van der Waals surface area contributed by atoms with Crippen LogP contribution in [0.25, 0.3) is 0 Å². The van der Waals surface area contributed by atoms with Gasteiger partial charge in [0.05, 0.1) is 12.6 Å². The summed E-state index contributed by atoms with van der Waals surface area (Å²) in [5.74, 6) is 0.861. The van der Waals surface area contributed by atoms with Gasteiger partial charge >= 0.3 is 0 Å². The van der Waals surface area contributed by atoms with Gasteiger partial charge in [0.25, 0.3) is 0 Å². The number of benzene rings is 1. The number of fused-ring (bicyclic) bond motifs is 1. The number of amides is 1. The van der Waals surface area contributed by atoms with Crippen LogP contribution in [-0.4, -0.2) is 26.7 Å². The Morgan fingerprint density at radius 1 is 1.38 bits per heavy atom. The van der Waals surface area contributed by atoms with E-state index in [4.69, 9.17) is 0 Å². The molecule has 1 atom stereocenters. The second-order valence-corrected chi connectivity index (χ2v) is 5.15. The molecular formula is C15H19N5O. The zero-order chi connectivity index (χ0) is 14.8. The number of hydrogen-bond donors (Lipinski definition) is 1. The van der Waals surface area contributed by atoms with Crippen molar-refractivity contribution in [3.63, 3.8) is 0 Å². The Hall–Kier alpha value is -2.21. The van der Waals surface area contributed by atoms with Gasteiger partial charge in [0.2, 0.25) is 5.91 Å². The molecule has 1 aliphatic rings. The van der Waals surface area contributed by atoms with Crippen molar-refractivity contribution < 1.29 is 4.79 Å². The highest BCUT2D eigenvalue weighted by Gasteiger charge is 2.28. The fourth-order valence-electron chi connectivity index (χ4n) is 2.61. The molecule has 0 fully saturated rings. The first-order valence-electron chi connectivity index (χ1n) is 7.20. The summed E-state index contributed by atoms with van der Waals surface area (Å²) in [5.41, 5.74) is 2.07. The summed E-state index contributed by atoms with van der Waals surface area (Å²) < 4.78 is 1.82. The SMILES string of the molecule is CCn1ncnc1CN1C(=O)C(C)NCc2ccccc21. The van der Waals surface area contributed by atoms with Crippen LogP contribution in [-0.2, 0) is 24.4 Å². The van der Waals surface area contributed by atoms with Crippen molar-refractivity contribution >= 4 is 11.6 Å². The van der Waals surface area contributed by atoms with Crippen LogP contribution in [0.5, 0.6) is 0 Å². The number of rotatable bonds is 3. The standard InChI is InChI=1S/C15H19N5O/c1-3-20-14(17-10-18-20)9-19-13-7-5-4-6-12(13)8-16-11(2)15(19)21/h4-7,10-11,16H,3,8-9H2,1-2H3. The summed E-state index contributed by atoms with van der Waals surface area (Å²) in [5, 5.41) is 7.43. The van der Waals surface area contributed by atoms with Gasteiger partial charge < -0.3 is 10.2 Å². The highest BCUT2D eigenvalue weighted by Crippen LogP contribution is 2.25. The van der Waals surface area contributed by atoms with Crippen LogP contribution in [0.4, 0.5) is 5.69 Å². The quantitative estimate of drug-likeness (QED) is 0.924. The number of carbonyl (C=O) groups excluding carboxylic acids is 1. The Bertz CT molecular complexity index is 651. The maximum atomic E-state index is 12.6. The molecule has 6 nitrogen and oxygen atoms in total. The van der Waals surface area contributed by atoms with E-state index < -0.39 is 0 Å². The Morgan fingerprint density at radius 3 is 3.00 bits per heavy atom. The summed E-state index contributed by atoms with van der Waals surface area (Å²) in [4.78, 5) is 18.7. The molecule has 1 aromatic heterocycles. The van der Waals surface area contributed by atoms with Crippen LogP contribution in [0.15, 0.2) is 30.6 Å². The first kappa shape index (κ1) is 13.8. The summed E-state index contributed by atoms with van der Waals surface area (Å²) >= 11 is 0. The average Bonchev–Trinajstić information content (AvgIpc) is 2.92. The van der Waals surface area contributed by atoms with Crippen LogP contribution in [0, 0.1) is 0 Å². The number of para-hydroxylation sites is 1. The van der Waals surface area contributed by atoms with E-state index in [2.05, 4.69) is 15.4 Å². The van der Waals surface area contributed by atoms with Gasteiger partial charge in [-0.15, -0.1) is 0 Å². The maximum absolute atomic E-state index is 12.6. The molecule has 0 saturated carbocycles. The predicted molar refractivity (Wildman–Crippen MR) is 79.6 cm³/mol. The van der Waals surface area contributed by atoms with Crippen LogP contribution in [0.1, 0.15) is 25.2 Å². The van der Waals surface area contributed by atoms with Crippen LogP contribution >= 0.6 is 0 Å². The highest BCUT2D eigenvalue weighted by molar-refractivity contribution is 5.98. The maximum Gasteiger partial charge on any atom is 0.244 e. The third-order valence-corrected chi connectivity index (χ3v) is 3.81.